The van der Waals surface area contributed by atoms with Crippen LogP contribution in [-0.2, 0) is 14.3 Å². The van der Waals surface area contributed by atoms with Crippen molar-refractivity contribution in [2.45, 2.75) is 46.1 Å². The number of carbonyl (C=O) groups excluding carboxylic acids is 2. The highest BCUT2D eigenvalue weighted by Gasteiger charge is 2.38. The van der Waals surface area contributed by atoms with Crippen molar-refractivity contribution in [3.05, 3.63) is 35.6 Å². The second-order valence-corrected chi connectivity index (χ2v) is 6.50. The Labute approximate surface area is 154 Å². The Morgan fingerprint density at radius 1 is 1.04 bits per heavy atom. The van der Waals surface area contributed by atoms with E-state index < -0.39 is 17.6 Å². The van der Waals surface area contributed by atoms with Gasteiger partial charge in [-0.1, -0.05) is 25.5 Å². The predicted molar refractivity (Wildman–Crippen MR) is 98.8 cm³/mol. The van der Waals surface area contributed by atoms with Crippen LogP contribution in [0.2, 0.25) is 0 Å². The van der Waals surface area contributed by atoms with Crippen LogP contribution in [0.5, 0.6) is 5.75 Å². The van der Waals surface area contributed by atoms with Gasteiger partial charge in [-0.25, -0.2) is 0 Å². The van der Waals surface area contributed by atoms with Crippen molar-refractivity contribution in [3.63, 3.8) is 0 Å². The lowest BCUT2D eigenvalue weighted by Gasteiger charge is -2.14. The van der Waals surface area contributed by atoms with Crippen LogP contribution in [-0.4, -0.2) is 47.7 Å². The average molecular weight is 361 g/mol. The maximum atomic E-state index is 12.6. The molecular weight excluding hydrogens is 334 g/mol. The lowest BCUT2D eigenvalue weighted by atomic mass is 10.1. The number of benzene rings is 1. The van der Waals surface area contributed by atoms with Gasteiger partial charge in [0.2, 0.25) is 0 Å². The Bertz CT molecular complexity index is 663. The summed E-state index contributed by atoms with van der Waals surface area (Å²) in [6.07, 6.45) is 2.64. The van der Waals surface area contributed by atoms with Crippen molar-refractivity contribution >= 4 is 17.4 Å². The van der Waals surface area contributed by atoms with Crippen LogP contribution in [0, 0.1) is 0 Å². The first-order valence-corrected chi connectivity index (χ1v) is 9.10. The second kappa shape index (κ2) is 9.38. The Balaban J connectivity index is 1.99. The van der Waals surface area contributed by atoms with E-state index in [1.54, 1.807) is 24.3 Å². The molecule has 26 heavy (non-hydrogen) atoms. The number of rotatable bonds is 10. The Hall–Kier alpha value is -2.34. The van der Waals surface area contributed by atoms with E-state index in [0.717, 1.165) is 17.7 Å². The van der Waals surface area contributed by atoms with Gasteiger partial charge in [0, 0.05) is 19.8 Å². The molecule has 0 bridgehead atoms. The van der Waals surface area contributed by atoms with Gasteiger partial charge in [-0.15, -0.1) is 0 Å². The molecule has 1 aromatic carbocycles. The minimum Gasteiger partial charge on any atom is -0.502 e. The Morgan fingerprint density at radius 3 is 2.31 bits per heavy atom. The quantitative estimate of drug-likeness (QED) is 0.511. The molecule has 0 saturated heterocycles. The zero-order chi connectivity index (χ0) is 19.1. The van der Waals surface area contributed by atoms with Crippen LogP contribution in [0.25, 0.3) is 5.57 Å². The summed E-state index contributed by atoms with van der Waals surface area (Å²) in [7, 11) is 0. The van der Waals surface area contributed by atoms with Gasteiger partial charge in [-0.3, -0.25) is 14.5 Å². The molecule has 2 rings (SSSR count). The zero-order valence-corrected chi connectivity index (χ0v) is 15.7. The molecule has 1 heterocycles. The molecule has 0 aromatic heterocycles. The molecule has 6 nitrogen and oxygen atoms in total. The molecule has 0 atom stereocenters. The summed E-state index contributed by atoms with van der Waals surface area (Å²) >= 11 is 0. The molecule has 0 radical (unpaired) electrons. The van der Waals surface area contributed by atoms with Crippen LogP contribution in [0.15, 0.2) is 30.0 Å². The monoisotopic (exact) mass is 361 g/mol. The molecule has 1 aliphatic rings. The van der Waals surface area contributed by atoms with Crippen LogP contribution in [0.4, 0.5) is 0 Å². The maximum Gasteiger partial charge on any atom is 0.296 e. The maximum absolute atomic E-state index is 12.6. The molecule has 6 heteroatoms. The number of aliphatic hydroxyl groups is 1. The first-order chi connectivity index (χ1) is 12.5. The van der Waals surface area contributed by atoms with E-state index in [-0.39, 0.29) is 18.2 Å². The van der Waals surface area contributed by atoms with E-state index in [0.29, 0.717) is 30.9 Å². The molecule has 0 unspecified atom stereocenters. The molecule has 0 saturated carbocycles. The van der Waals surface area contributed by atoms with E-state index in [1.165, 1.54) is 0 Å². The Kier molecular flexibility index (Phi) is 7.21. The third-order valence-electron chi connectivity index (χ3n) is 3.97. The number of aliphatic hydroxyl groups excluding tert-OH is 1. The van der Waals surface area contributed by atoms with Crippen molar-refractivity contribution in [2.75, 3.05) is 19.8 Å². The van der Waals surface area contributed by atoms with Gasteiger partial charge in [-0.2, -0.15) is 0 Å². The van der Waals surface area contributed by atoms with Crippen molar-refractivity contribution in [1.82, 2.24) is 4.90 Å². The number of carbonyl (C=O) groups is 2. The Morgan fingerprint density at radius 2 is 1.69 bits per heavy atom. The fraction of sp³-hybridized carbons (Fsp3) is 0.500. The summed E-state index contributed by atoms with van der Waals surface area (Å²) in [6, 6.07) is 6.78. The lowest BCUT2D eigenvalue weighted by Crippen LogP contribution is -2.33. The van der Waals surface area contributed by atoms with Gasteiger partial charge in [0.25, 0.3) is 11.8 Å². The van der Waals surface area contributed by atoms with Gasteiger partial charge >= 0.3 is 0 Å². The number of amides is 2. The fourth-order valence-electron chi connectivity index (χ4n) is 2.67. The molecule has 1 aliphatic heterocycles. The number of ether oxygens (including phenoxy) is 2. The number of hydrogen-bond acceptors (Lipinski definition) is 5. The van der Waals surface area contributed by atoms with Crippen molar-refractivity contribution in [1.29, 1.82) is 0 Å². The smallest absolute Gasteiger partial charge is 0.296 e. The molecule has 0 spiro atoms. The second-order valence-electron chi connectivity index (χ2n) is 6.50. The predicted octanol–water partition coefficient (Wildman–Crippen LogP) is 3.32. The number of hydrogen-bond donors (Lipinski definition) is 1. The summed E-state index contributed by atoms with van der Waals surface area (Å²) in [5.41, 5.74) is 0.539. The van der Waals surface area contributed by atoms with Crippen molar-refractivity contribution in [2.24, 2.45) is 0 Å². The van der Waals surface area contributed by atoms with Crippen LogP contribution in [0.1, 0.15) is 45.6 Å². The molecule has 1 N–H and O–H groups in total. The summed E-state index contributed by atoms with van der Waals surface area (Å²) < 4.78 is 11.0. The molecule has 2 amide bonds. The van der Waals surface area contributed by atoms with Crippen LogP contribution >= 0.6 is 0 Å². The van der Waals surface area contributed by atoms with Crippen molar-refractivity contribution < 1.29 is 24.2 Å². The van der Waals surface area contributed by atoms with E-state index in [9.17, 15) is 14.7 Å². The lowest BCUT2D eigenvalue weighted by molar-refractivity contribution is -0.138. The highest BCUT2D eigenvalue weighted by molar-refractivity contribution is 6.34. The number of imide groups is 1. The van der Waals surface area contributed by atoms with E-state index in [2.05, 4.69) is 6.92 Å². The van der Waals surface area contributed by atoms with E-state index >= 15 is 0 Å². The molecule has 1 aromatic rings. The van der Waals surface area contributed by atoms with Gasteiger partial charge in [0.15, 0.2) is 5.76 Å². The van der Waals surface area contributed by atoms with Crippen LogP contribution in [0.3, 0.4) is 0 Å². The summed E-state index contributed by atoms with van der Waals surface area (Å²) in [4.78, 5) is 25.9. The molecule has 0 aliphatic carbocycles. The van der Waals surface area contributed by atoms with Gasteiger partial charge in [0.05, 0.1) is 11.7 Å². The van der Waals surface area contributed by atoms with Gasteiger partial charge < -0.3 is 14.6 Å². The van der Waals surface area contributed by atoms with Gasteiger partial charge in [-0.05, 0) is 44.4 Å². The minimum atomic E-state index is -0.652. The average Bonchev–Trinajstić information content (AvgIpc) is 2.81. The number of unbranched alkanes of at least 4 members (excludes halogenated alkanes) is 1. The molecular formula is C20H27NO5. The first-order valence-electron chi connectivity index (χ1n) is 9.10. The fourth-order valence-corrected chi connectivity index (χ4v) is 2.67. The number of nitrogens with zero attached hydrogens (tertiary/aromatic N) is 1. The first kappa shape index (κ1) is 20.0. The third kappa shape index (κ3) is 4.85. The summed E-state index contributed by atoms with van der Waals surface area (Å²) in [5, 5.41) is 10.1. The SMILES string of the molecule is CCCCOCCCN1C(=O)C(O)=C(c2ccc(OC(C)C)cc2)C1=O. The molecule has 142 valence electrons. The van der Waals surface area contributed by atoms with E-state index in [4.69, 9.17) is 9.47 Å². The summed E-state index contributed by atoms with van der Waals surface area (Å²) in [6.45, 7) is 7.32. The zero-order valence-electron chi connectivity index (χ0n) is 15.7. The minimum absolute atomic E-state index is 0.0398. The van der Waals surface area contributed by atoms with Crippen LogP contribution < -0.4 is 4.74 Å². The van der Waals surface area contributed by atoms with Gasteiger partial charge in [0.1, 0.15) is 5.75 Å². The normalized spacial score (nSPS) is 14.7. The topological polar surface area (TPSA) is 76.1 Å². The highest BCUT2D eigenvalue weighted by Crippen LogP contribution is 2.29. The summed E-state index contributed by atoms with van der Waals surface area (Å²) in [5.74, 6) is -0.958. The van der Waals surface area contributed by atoms with Crippen molar-refractivity contribution in [3.8, 4) is 5.75 Å². The standard InChI is InChI=1S/C20H27NO5/c1-4-5-12-25-13-6-11-21-19(23)17(18(22)20(21)24)15-7-9-16(10-8-15)26-14(2)3/h7-10,14,22H,4-6,11-13H2,1-3H3. The van der Waals surface area contributed by atoms with E-state index in [1.807, 2.05) is 13.8 Å². The molecule has 0 fully saturated rings. The largest absolute Gasteiger partial charge is 0.502 e. The highest BCUT2D eigenvalue weighted by atomic mass is 16.5. The third-order valence-corrected chi connectivity index (χ3v) is 3.97.